The van der Waals surface area contributed by atoms with E-state index in [0.717, 1.165) is 4.88 Å². The minimum atomic E-state index is -1.29. The molecule has 2 fully saturated rings. The third kappa shape index (κ3) is 2.94. The fraction of sp³-hybridized carbons (Fsp3) is 0.381. The Balaban J connectivity index is 1.77. The molecule has 1 aromatic carbocycles. The number of ether oxygens (including phenoxy) is 2. The molecule has 2 aromatic rings. The van der Waals surface area contributed by atoms with Crippen LogP contribution in [0.4, 0.5) is 5.69 Å². The van der Waals surface area contributed by atoms with Crippen LogP contribution < -0.4 is 15.0 Å². The SMILES string of the molecule is CCOC(=O)[C@]1(C)N[C@H](c2cccs2)[C@H]2C(=O)N(c3ccc(OC)cc3)C(=O)[C@@H]21. The lowest BCUT2D eigenvalue weighted by Crippen LogP contribution is -2.54. The zero-order chi connectivity index (χ0) is 20.8. The van der Waals surface area contributed by atoms with E-state index in [0.29, 0.717) is 11.4 Å². The Bertz CT molecular complexity index is 942. The molecule has 8 heteroatoms. The van der Waals surface area contributed by atoms with Crippen LogP contribution in [0, 0.1) is 11.8 Å². The smallest absolute Gasteiger partial charge is 0.326 e. The third-order valence-electron chi connectivity index (χ3n) is 5.67. The third-order valence-corrected chi connectivity index (χ3v) is 6.62. The number of carbonyl (C=O) groups is 3. The Kier molecular flexibility index (Phi) is 4.92. The molecule has 0 radical (unpaired) electrons. The molecule has 7 nitrogen and oxygen atoms in total. The van der Waals surface area contributed by atoms with Gasteiger partial charge in [-0.3, -0.25) is 19.7 Å². The first-order valence-electron chi connectivity index (χ1n) is 9.42. The fourth-order valence-electron chi connectivity index (χ4n) is 4.31. The lowest BCUT2D eigenvalue weighted by molar-refractivity contribution is -0.153. The highest BCUT2D eigenvalue weighted by Crippen LogP contribution is 2.50. The first kappa shape index (κ1) is 19.6. The van der Waals surface area contributed by atoms with E-state index in [1.807, 2.05) is 17.5 Å². The number of esters is 1. The van der Waals surface area contributed by atoms with Crippen molar-refractivity contribution in [2.24, 2.45) is 11.8 Å². The van der Waals surface area contributed by atoms with Gasteiger partial charge >= 0.3 is 5.97 Å². The lowest BCUT2D eigenvalue weighted by atomic mass is 9.81. The van der Waals surface area contributed by atoms with Gasteiger partial charge in [-0.05, 0) is 49.6 Å². The molecule has 2 aliphatic rings. The summed E-state index contributed by atoms with van der Waals surface area (Å²) in [6.07, 6.45) is 0. The first-order valence-corrected chi connectivity index (χ1v) is 10.3. The molecule has 2 saturated heterocycles. The number of hydrogen-bond acceptors (Lipinski definition) is 7. The summed E-state index contributed by atoms with van der Waals surface area (Å²) in [5.41, 5.74) is -0.824. The second kappa shape index (κ2) is 7.27. The van der Waals surface area contributed by atoms with Crippen molar-refractivity contribution in [3.8, 4) is 5.75 Å². The number of carbonyl (C=O) groups excluding carboxylic acids is 3. The minimum absolute atomic E-state index is 0.196. The van der Waals surface area contributed by atoms with Gasteiger partial charge in [0.15, 0.2) is 0 Å². The van der Waals surface area contributed by atoms with Crippen molar-refractivity contribution in [1.82, 2.24) is 5.32 Å². The zero-order valence-corrected chi connectivity index (χ0v) is 17.2. The van der Waals surface area contributed by atoms with Crippen LogP contribution in [-0.4, -0.2) is 37.0 Å². The summed E-state index contributed by atoms with van der Waals surface area (Å²) in [5.74, 6) is -2.13. The number of thiophene rings is 1. The van der Waals surface area contributed by atoms with Gasteiger partial charge in [-0.25, -0.2) is 4.90 Å². The van der Waals surface area contributed by atoms with Crippen molar-refractivity contribution in [3.05, 3.63) is 46.7 Å². The lowest BCUT2D eigenvalue weighted by Gasteiger charge is -2.29. The molecule has 4 rings (SSSR count). The molecule has 1 aromatic heterocycles. The maximum atomic E-state index is 13.4. The highest BCUT2D eigenvalue weighted by molar-refractivity contribution is 7.10. The molecule has 0 spiro atoms. The summed E-state index contributed by atoms with van der Waals surface area (Å²) in [4.78, 5) is 41.8. The quantitative estimate of drug-likeness (QED) is 0.598. The molecule has 2 amide bonds. The van der Waals surface area contributed by atoms with Crippen molar-refractivity contribution in [1.29, 1.82) is 0 Å². The molecule has 152 valence electrons. The van der Waals surface area contributed by atoms with Gasteiger partial charge < -0.3 is 9.47 Å². The largest absolute Gasteiger partial charge is 0.497 e. The Labute approximate surface area is 172 Å². The van der Waals surface area contributed by atoms with Gasteiger partial charge in [0.25, 0.3) is 0 Å². The number of nitrogens with one attached hydrogen (secondary N) is 1. The number of amides is 2. The first-order chi connectivity index (χ1) is 13.9. The molecule has 1 N–H and O–H groups in total. The van der Waals surface area contributed by atoms with Crippen LogP contribution in [0.5, 0.6) is 5.75 Å². The second-order valence-electron chi connectivity index (χ2n) is 7.27. The van der Waals surface area contributed by atoms with Gasteiger partial charge in [0, 0.05) is 4.88 Å². The molecule has 2 aliphatic heterocycles. The van der Waals surface area contributed by atoms with Crippen molar-refractivity contribution in [3.63, 3.8) is 0 Å². The van der Waals surface area contributed by atoms with E-state index in [-0.39, 0.29) is 12.5 Å². The van der Waals surface area contributed by atoms with E-state index in [4.69, 9.17) is 9.47 Å². The number of hydrogen-bond donors (Lipinski definition) is 1. The van der Waals surface area contributed by atoms with Gasteiger partial charge in [-0.1, -0.05) is 6.07 Å². The van der Waals surface area contributed by atoms with E-state index in [1.165, 1.54) is 16.2 Å². The van der Waals surface area contributed by atoms with Gasteiger partial charge in [-0.15, -0.1) is 11.3 Å². The molecule has 0 unspecified atom stereocenters. The van der Waals surface area contributed by atoms with Crippen LogP contribution in [0.2, 0.25) is 0 Å². The summed E-state index contributed by atoms with van der Waals surface area (Å²) in [6.45, 7) is 3.57. The summed E-state index contributed by atoms with van der Waals surface area (Å²) >= 11 is 1.49. The van der Waals surface area contributed by atoms with E-state index >= 15 is 0 Å². The van der Waals surface area contributed by atoms with Crippen molar-refractivity contribution in [2.75, 3.05) is 18.6 Å². The number of nitrogens with zero attached hydrogens (tertiary/aromatic N) is 1. The number of benzene rings is 1. The highest BCUT2D eigenvalue weighted by atomic mass is 32.1. The Morgan fingerprint density at radius 3 is 2.52 bits per heavy atom. The number of anilines is 1. The average Bonchev–Trinajstić information content (AvgIpc) is 3.40. The highest BCUT2D eigenvalue weighted by Gasteiger charge is 2.67. The van der Waals surface area contributed by atoms with Crippen LogP contribution in [0.1, 0.15) is 24.8 Å². The summed E-state index contributed by atoms with van der Waals surface area (Å²) in [7, 11) is 1.55. The fourth-order valence-corrected chi connectivity index (χ4v) is 5.13. The standard InChI is InChI=1S/C21H22N2O5S/c1-4-28-20(26)21(2)16-15(17(22-21)14-6-5-11-29-14)18(24)23(19(16)25)12-7-9-13(27-3)10-8-12/h5-11,15-17,22H,4H2,1-3H3/t15-,16+,17+,21+/m0/s1. The average molecular weight is 414 g/mol. The van der Waals surface area contributed by atoms with Gasteiger partial charge in [0.1, 0.15) is 11.3 Å². The summed E-state index contributed by atoms with van der Waals surface area (Å²) in [5, 5.41) is 5.17. The van der Waals surface area contributed by atoms with Crippen molar-refractivity contribution < 1.29 is 23.9 Å². The van der Waals surface area contributed by atoms with Crippen LogP contribution >= 0.6 is 11.3 Å². The minimum Gasteiger partial charge on any atom is -0.497 e. The maximum absolute atomic E-state index is 13.4. The van der Waals surface area contributed by atoms with Gasteiger partial charge in [0.2, 0.25) is 11.8 Å². The van der Waals surface area contributed by atoms with E-state index in [2.05, 4.69) is 5.32 Å². The molecule has 3 heterocycles. The molecule has 0 aliphatic carbocycles. The van der Waals surface area contributed by atoms with E-state index in [9.17, 15) is 14.4 Å². The van der Waals surface area contributed by atoms with Crippen LogP contribution in [0.15, 0.2) is 41.8 Å². The predicted molar refractivity (Wildman–Crippen MR) is 108 cm³/mol. The molecule has 0 bridgehead atoms. The Morgan fingerprint density at radius 1 is 1.21 bits per heavy atom. The van der Waals surface area contributed by atoms with Crippen LogP contribution in [0.3, 0.4) is 0 Å². The Hall–Kier alpha value is -2.71. The van der Waals surface area contributed by atoms with Crippen molar-refractivity contribution in [2.45, 2.75) is 25.4 Å². The topological polar surface area (TPSA) is 84.9 Å². The number of imide groups is 1. The molecular formula is C21H22N2O5S. The second-order valence-corrected chi connectivity index (χ2v) is 8.25. The molecule has 29 heavy (non-hydrogen) atoms. The zero-order valence-electron chi connectivity index (χ0n) is 16.4. The molecule has 4 atom stereocenters. The summed E-state index contributed by atoms with van der Waals surface area (Å²) < 4.78 is 10.4. The number of rotatable bonds is 5. The molecular weight excluding hydrogens is 392 g/mol. The van der Waals surface area contributed by atoms with E-state index < -0.39 is 35.3 Å². The van der Waals surface area contributed by atoms with Crippen LogP contribution in [-0.2, 0) is 19.1 Å². The van der Waals surface area contributed by atoms with E-state index in [1.54, 1.807) is 45.2 Å². The predicted octanol–water partition coefficient (Wildman–Crippen LogP) is 2.53. The van der Waals surface area contributed by atoms with Crippen molar-refractivity contribution >= 4 is 34.8 Å². The maximum Gasteiger partial charge on any atom is 0.326 e. The Morgan fingerprint density at radius 2 is 1.93 bits per heavy atom. The summed E-state index contributed by atoms with van der Waals surface area (Å²) in [6, 6.07) is 10.1. The number of fused-ring (bicyclic) bond motifs is 1. The monoisotopic (exact) mass is 414 g/mol. The molecule has 0 saturated carbocycles. The normalized spacial score (nSPS) is 28.5. The van der Waals surface area contributed by atoms with Gasteiger partial charge in [-0.2, -0.15) is 0 Å². The van der Waals surface area contributed by atoms with Crippen LogP contribution in [0.25, 0.3) is 0 Å². The number of methoxy groups -OCH3 is 1. The van der Waals surface area contributed by atoms with Gasteiger partial charge in [0.05, 0.1) is 37.3 Å².